The van der Waals surface area contributed by atoms with Crippen molar-refractivity contribution in [3.8, 4) is 0 Å². The molecule has 0 spiro atoms. The van der Waals surface area contributed by atoms with Crippen LogP contribution in [0.4, 0.5) is 0 Å². The van der Waals surface area contributed by atoms with Crippen LogP contribution in [0.25, 0.3) is 0 Å². The third-order valence-electron chi connectivity index (χ3n) is 2.48. The molecule has 17 heavy (non-hydrogen) atoms. The molecule has 3 heteroatoms. The Kier molecular flexibility index (Phi) is 4.04. The molecular weight excluding hydrogens is 232 g/mol. The van der Waals surface area contributed by atoms with Crippen LogP contribution >= 0.6 is 11.8 Å². The maximum absolute atomic E-state index is 12.1. The number of Topliss-reactive ketones (excluding diaryl/α,β-unsaturated/α-hetero) is 1. The molecule has 0 bridgehead atoms. The first-order chi connectivity index (χ1) is 8.27. The lowest BCUT2D eigenvalue weighted by Crippen LogP contribution is -2.13. The number of furan rings is 1. The first-order valence-corrected chi connectivity index (χ1v) is 6.55. The average Bonchev–Trinajstić information content (AvgIpc) is 2.89. The van der Waals surface area contributed by atoms with Gasteiger partial charge in [-0.2, -0.15) is 0 Å². The zero-order valence-electron chi connectivity index (χ0n) is 9.63. The SMILES string of the molecule is CC(SCc1ccco1)C(=O)c1ccccc1. The predicted molar refractivity (Wildman–Crippen MR) is 70.2 cm³/mol. The van der Waals surface area contributed by atoms with Gasteiger partial charge in [0.05, 0.1) is 17.3 Å². The van der Waals surface area contributed by atoms with Crippen LogP contribution in [0.2, 0.25) is 0 Å². The van der Waals surface area contributed by atoms with Crippen molar-refractivity contribution in [2.75, 3.05) is 0 Å². The van der Waals surface area contributed by atoms with Gasteiger partial charge in [0.1, 0.15) is 5.76 Å². The molecule has 0 N–H and O–H groups in total. The Bertz CT molecular complexity index is 462. The first-order valence-electron chi connectivity index (χ1n) is 5.50. The molecule has 0 aliphatic rings. The van der Waals surface area contributed by atoms with E-state index < -0.39 is 0 Å². The number of carbonyl (C=O) groups is 1. The molecule has 2 rings (SSSR count). The molecule has 0 aliphatic carbocycles. The smallest absolute Gasteiger partial charge is 0.175 e. The summed E-state index contributed by atoms with van der Waals surface area (Å²) < 4.78 is 5.24. The molecule has 0 fully saturated rings. The van der Waals surface area contributed by atoms with Crippen molar-refractivity contribution in [3.63, 3.8) is 0 Å². The molecule has 0 saturated heterocycles. The Balaban J connectivity index is 1.92. The van der Waals surface area contributed by atoms with Crippen LogP contribution in [-0.2, 0) is 5.75 Å². The monoisotopic (exact) mass is 246 g/mol. The van der Waals surface area contributed by atoms with E-state index in [0.29, 0.717) is 0 Å². The minimum Gasteiger partial charge on any atom is -0.468 e. The van der Waals surface area contributed by atoms with Crippen LogP contribution in [0.3, 0.4) is 0 Å². The van der Waals surface area contributed by atoms with Crippen LogP contribution < -0.4 is 0 Å². The highest BCUT2D eigenvalue weighted by atomic mass is 32.2. The molecule has 0 saturated carbocycles. The minimum absolute atomic E-state index is 0.0532. The van der Waals surface area contributed by atoms with E-state index in [9.17, 15) is 4.79 Å². The second-order valence-corrected chi connectivity index (χ2v) is 5.09. The summed E-state index contributed by atoms with van der Waals surface area (Å²) in [7, 11) is 0. The number of benzene rings is 1. The van der Waals surface area contributed by atoms with E-state index in [-0.39, 0.29) is 11.0 Å². The van der Waals surface area contributed by atoms with E-state index in [1.165, 1.54) is 0 Å². The van der Waals surface area contributed by atoms with Crippen molar-refractivity contribution in [1.82, 2.24) is 0 Å². The number of rotatable bonds is 5. The maximum Gasteiger partial charge on any atom is 0.175 e. The van der Waals surface area contributed by atoms with Crippen molar-refractivity contribution in [2.45, 2.75) is 17.9 Å². The largest absolute Gasteiger partial charge is 0.468 e. The number of carbonyl (C=O) groups excluding carboxylic acids is 1. The molecule has 0 aliphatic heterocycles. The van der Waals surface area contributed by atoms with E-state index in [1.54, 1.807) is 18.0 Å². The van der Waals surface area contributed by atoms with Crippen LogP contribution in [0.1, 0.15) is 23.0 Å². The van der Waals surface area contributed by atoms with Gasteiger partial charge in [-0.15, -0.1) is 11.8 Å². The Morgan fingerprint density at radius 1 is 1.24 bits per heavy atom. The number of ketones is 1. The summed E-state index contributed by atoms with van der Waals surface area (Å²) in [6.07, 6.45) is 1.65. The summed E-state index contributed by atoms with van der Waals surface area (Å²) in [6.45, 7) is 1.93. The van der Waals surface area contributed by atoms with Gasteiger partial charge in [-0.1, -0.05) is 30.3 Å². The highest BCUT2D eigenvalue weighted by Crippen LogP contribution is 2.21. The van der Waals surface area contributed by atoms with E-state index in [0.717, 1.165) is 17.1 Å². The Morgan fingerprint density at radius 2 is 2.00 bits per heavy atom. The van der Waals surface area contributed by atoms with Gasteiger partial charge in [-0.05, 0) is 19.1 Å². The molecule has 1 unspecified atom stereocenters. The van der Waals surface area contributed by atoms with Gasteiger partial charge >= 0.3 is 0 Å². The van der Waals surface area contributed by atoms with Gasteiger partial charge in [0.15, 0.2) is 5.78 Å². The third kappa shape index (κ3) is 3.24. The van der Waals surface area contributed by atoms with Gasteiger partial charge in [0.2, 0.25) is 0 Å². The molecule has 1 aromatic carbocycles. The van der Waals surface area contributed by atoms with E-state index in [2.05, 4.69) is 0 Å². The zero-order valence-corrected chi connectivity index (χ0v) is 10.4. The summed E-state index contributed by atoms with van der Waals surface area (Å²) in [5.41, 5.74) is 0.770. The Morgan fingerprint density at radius 3 is 2.65 bits per heavy atom. The maximum atomic E-state index is 12.1. The third-order valence-corrected chi connectivity index (χ3v) is 3.65. The molecule has 2 aromatic rings. The Hall–Kier alpha value is -1.48. The lowest BCUT2D eigenvalue weighted by atomic mass is 10.1. The zero-order chi connectivity index (χ0) is 12.1. The lowest BCUT2D eigenvalue weighted by Gasteiger charge is -2.09. The van der Waals surface area contributed by atoms with Gasteiger partial charge in [-0.25, -0.2) is 0 Å². The standard InChI is InChI=1S/C14H14O2S/c1-11(17-10-13-8-5-9-16-13)14(15)12-6-3-2-4-7-12/h2-9,11H,10H2,1H3. The fourth-order valence-electron chi connectivity index (χ4n) is 1.51. The molecule has 1 heterocycles. The number of hydrogen-bond acceptors (Lipinski definition) is 3. The number of hydrogen-bond donors (Lipinski definition) is 0. The van der Waals surface area contributed by atoms with Gasteiger partial charge in [0.25, 0.3) is 0 Å². The van der Waals surface area contributed by atoms with Crippen molar-refractivity contribution in [3.05, 3.63) is 60.1 Å². The quantitative estimate of drug-likeness (QED) is 0.752. The number of thioether (sulfide) groups is 1. The van der Waals surface area contributed by atoms with E-state index in [4.69, 9.17) is 4.42 Å². The molecule has 1 atom stereocenters. The van der Waals surface area contributed by atoms with E-state index >= 15 is 0 Å². The minimum atomic E-state index is -0.0532. The lowest BCUT2D eigenvalue weighted by molar-refractivity contribution is 0.0994. The van der Waals surface area contributed by atoms with Crippen molar-refractivity contribution < 1.29 is 9.21 Å². The summed E-state index contributed by atoms with van der Waals surface area (Å²) in [5, 5.41) is -0.0532. The van der Waals surface area contributed by atoms with Crippen molar-refractivity contribution in [2.24, 2.45) is 0 Å². The molecule has 2 nitrogen and oxygen atoms in total. The first kappa shape index (κ1) is 12.0. The van der Waals surface area contributed by atoms with Crippen LogP contribution in [0.5, 0.6) is 0 Å². The molecule has 0 amide bonds. The normalized spacial score (nSPS) is 12.3. The molecule has 0 radical (unpaired) electrons. The molecule has 1 aromatic heterocycles. The average molecular weight is 246 g/mol. The summed E-state index contributed by atoms with van der Waals surface area (Å²) >= 11 is 1.59. The molecule has 88 valence electrons. The fourth-order valence-corrected chi connectivity index (χ4v) is 2.38. The summed E-state index contributed by atoms with van der Waals surface area (Å²) in [6, 6.07) is 13.2. The summed E-state index contributed by atoms with van der Waals surface area (Å²) in [5.74, 6) is 1.80. The second kappa shape index (κ2) is 5.73. The molecular formula is C14H14O2S. The van der Waals surface area contributed by atoms with Gasteiger partial charge in [-0.3, -0.25) is 4.79 Å². The van der Waals surface area contributed by atoms with Crippen LogP contribution in [0.15, 0.2) is 53.1 Å². The fraction of sp³-hybridized carbons (Fsp3) is 0.214. The predicted octanol–water partition coefficient (Wildman–Crippen LogP) is 3.78. The highest BCUT2D eigenvalue weighted by molar-refractivity contribution is 7.99. The van der Waals surface area contributed by atoms with Gasteiger partial charge in [0, 0.05) is 5.56 Å². The van der Waals surface area contributed by atoms with Crippen molar-refractivity contribution >= 4 is 17.5 Å². The highest BCUT2D eigenvalue weighted by Gasteiger charge is 2.15. The van der Waals surface area contributed by atoms with Crippen LogP contribution in [-0.4, -0.2) is 11.0 Å². The van der Waals surface area contributed by atoms with E-state index in [1.807, 2.05) is 49.4 Å². The van der Waals surface area contributed by atoms with Gasteiger partial charge < -0.3 is 4.42 Å². The Labute approximate surface area is 105 Å². The topological polar surface area (TPSA) is 30.2 Å². The second-order valence-electron chi connectivity index (χ2n) is 3.76. The van der Waals surface area contributed by atoms with Crippen LogP contribution in [0, 0.1) is 0 Å². The van der Waals surface area contributed by atoms with Crippen molar-refractivity contribution in [1.29, 1.82) is 0 Å². The summed E-state index contributed by atoms with van der Waals surface area (Å²) in [4.78, 5) is 12.1.